The van der Waals surface area contributed by atoms with Crippen LogP contribution < -0.4 is 4.90 Å². The quantitative estimate of drug-likeness (QED) is 0.853. The van der Waals surface area contributed by atoms with E-state index in [0.29, 0.717) is 19.1 Å². The molecule has 0 spiro atoms. The van der Waals surface area contributed by atoms with E-state index < -0.39 is 0 Å². The summed E-state index contributed by atoms with van der Waals surface area (Å²) in [6.45, 7) is 6.39. The van der Waals surface area contributed by atoms with Crippen molar-refractivity contribution in [2.24, 2.45) is 0 Å². The van der Waals surface area contributed by atoms with Crippen LogP contribution in [0.5, 0.6) is 0 Å². The van der Waals surface area contributed by atoms with E-state index in [1.165, 1.54) is 11.5 Å². The molecule has 0 bridgehead atoms. The molecule has 1 aromatic rings. The summed E-state index contributed by atoms with van der Waals surface area (Å²) < 4.78 is 9.73. The summed E-state index contributed by atoms with van der Waals surface area (Å²) in [7, 11) is 0. The Morgan fingerprint density at radius 3 is 3.06 bits per heavy atom. The van der Waals surface area contributed by atoms with Crippen molar-refractivity contribution in [3.05, 3.63) is 5.82 Å². The van der Waals surface area contributed by atoms with Gasteiger partial charge in [-0.1, -0.05) is 13.8 Å². The second-order valence-electron chi connectivity index (χ2n) is 4.21. The average molecular weight is 243 g/mol. The van der Waals surface area contributed by atoms with Crippen LogP contribution in [-0.2, 0) is 4.74 Å². The van der Waals surface area contributed by atoms with Crippen LogP contribution in [0.15, 0.2) is 0 Å². The van der Waals surface area contributed by atoms with Gasteiger partial charge in [0.2, 0.25) is 5.13 Å². The molecule has 0 aliphatic carbocycles. The maximum Gasteiger partial charge on any atom is 0.205 e. The van der Waals surface area contributed by atoms with Crippen molar-refractivity contribution in [3.63, 3.8) is 0 Å². The van der Waals surface area contributed by atoms with Gasteiger partial charge in [0.05, 0.1) is 19.3 Å². The molecule has 1 atom stereocenters. The van der Waals surface area contributed by atoms with E-state index in [4.69, 9.17) is 9.84 Å². The lowest BCUT2D eigenvalue weighted by molar-refractivity contribution is 0.00355. The molecule has 6 heteroatoms. The third-order valence-electron chi connectivity index (χ3n) is 2.56. The molecule has 90 valence electrons. The second-order valence-corrected chi connectivity index (χ2v) is 4.94. The van der Waals surface area contributed by atoms with Crippen LogP contribution in [-0.4, -0.2) is 46.9 Å². The summed E-state index contributed by atoms with van der Waals surface area (Å²) in [5.41, 5.74) is 0. The zero-order chi connectivity index (χ0) is 11.5. The molecular weight excluding hydrogens is 226 g/mol. The van der Waals surface area contributed by atoms with Crippen LogP contribution >= 0.6 is 11.5 Å². The Kier molecular flexibility index (Phi) is 3.73. The third-order valence-corrected chi connectivity index (χ3v) is 3.35. The lowest BCUT2D eigenvalue weighted by Gasteiger charge is -2.31. The van der Waals surface area contributed by atoms with Crippen molar-refractivity contribution in [2.45, 2.75) is 25.9 Å². The molecular formula is C10H17N3O2S. The van der Waals surface area contributed by atoms with Gasteiger partial charge in [0.15, 0.2) is 0 Å². The van der Waals surface area contributed by atoms with Gasteiger partial charge in [-0.3, -0.25) is 0 Å². The van der Waals surface area contributed by atoms with Crippen LogP contribution in [0, 0.1) is 0 Å². The van der Waals surface area contributed by atoms with E-state index in [-0.39, 0.29) is 12.7 Å². The van der Waals surface area contributed by atoms with E-state index >= 15 is 0 Å². The second kappa shape index (κ2) is 5.07. The molecule has 1 unspecified atom stereocenters. The smallest absolute Gasteiger partial charge is 0.205 e. The summed E-state index contributed by atoms with van der Waals surface area (Å²) >= 11 is 1.42. The number of aliphatic hydroxyl groups excluding tert-OH is 1. The highest BCUT2D eigenvalue weighted by Gasteiger charge is 2.22. The van der Waals surface area contributed by atoms with Crippen molar-refractivity contribution in [1.82, 2.24) is 9.36 Å². The normalized spacial score (nSPS) is 21.8. The monoisotopic (exact) mass is 243 g/mol. The lowest BCUT2D eigenvalue weighted by atomic mass is 10.2. The highest BCUT2D eigenvalue weighted by Crippen LogP contribution is 2.22. The van der Waals surface area contributed by atoms with E-state index in [9.17, 15) is 0 Å². The summed E-state index contributed by atoms with van der Waals surface area (Å²) in [5.74, 6) is 1.26. The fraction of sp³-hybridized carbons (Fsp3) is 0.800. The average Bonchev–Trinajstić information content (AvgIpc) is 2.78. The van der Waals surface area contributed by atoms with E-state index in [0.717, 1.165) is 17.5 Å². The molecule has 16 heavy (non-hydrogen) atoms. The minimum atomic E-state index is -0.0971. The summed E-state index contributed by atoms with van der Waals surface area (Å²) in [5, 5.41) is 10.0. The van der Waals surface area contributed by atoms with Gasteiger partial charge in [-0.2, -0.15) is 4.37 Å². The van der Waals surface area contributed by atoms with Crippen LogP contribution in [0.4, 0.5) is 5.13 Å². The number of nitrogens with zero attached hydrogens (tertiary/aromatic N) is 3. The molecule has 1 aliphatic rings. The molecule has 0 amide bonds. The number of morpholine rings is 1. The molecule has 1 fully saturated rings. The SMILES string of the molecule is CC(C)c1nsc(N2CCOC(CO)C2)n1. The summed E-state index contributed by atoms with van der Waals surface area (Å²) in [6.07, 6.45) is -0.0971. The molecule has 1 saturated heterocycles. The van der Waals surface area contributed by atoms with Crippen molar-refractivity contribution in [3.8, 4) is 0 Å². The minimum absolute atomic E-state index is 0.0618. The molecule has 0 aromatic carbocycles. The first kappa shape index (κ1) is 11.8. The van der Waals surface area contributed by atoms with Gasteiger partial charge < -0.3 is 14.7 Å². The van der Waals surface area contributed by atoms with Crippen LogP contribution in [0.25, 0.3) is 0 Å². The molecule has 0 radical (unpaired) electrons. The molecule has 2 heterocycles. The third kappa shape index (κ3) is 2.50. The van der Waals surface area contributed by atoms with Crippen molar-refractivity contribution in [2.75, 3.05) is 31.2 Å². The highest BCUT2D eigenvalue weighted by atomic mass is 32.1. The van der Waals surface area contributed by atoms with Crippen LogP contribution in [0.3, 0.4) is 0 Å². The van der Waals surface area contributed by atoms with Gasteiger partial charge in [-0.05, 0) is 0 Å². The Morgan fingerprint density at radius 1 is 1.62 bits per heavy atom. The Balaban J connectivity index is 2.05. The molecule has 5 nitrogen and oxygen atoms in total. The zero-order valence-corrected chi connectivity index (χ0v) is 10.4. The van der Waals surface area contributed by atoms with Gasteiger partial charge >= 0.3 is 0 Å². The molecule has 1 N–H and O–H groups in total. The molecule has 1 aromatic heterocycles. The van der Waals surface area contributed by atoms with Crippen molar-refractivity contribution >= 4 is 16.7 Å². The predicted octanol–water partition coefficient (Wildman–Crippen LogP) is 0.859. The zero-order valence-electron chi connectivity index (χ0n) is 9.59. The Bertz CT molecular complexity index is 343. The number of aromatic nitrogens is 2. The molecule has 1 aliphatic heterocycles. The first-order chi connectivity index (χ1) is 7.70. The number of anilines is 1. The van der Waals surface area contributed by atoms with Gasteiger partial charge in [0, 0.05) is 30.5 Å². The summed E-state index contributed by atoms with van der Waals surface area (Å²) in [6, 6.07) is 0. The maximum absolute atomic E-state index is 9.06. The van der Waals surface area contributed by atoms with Crippen LogP contribution in [0.2, 0.25) is 0 Å². The van der Waals surface area contributed by atoms with E-state index in [1.54, 1.807) is 0 Å². The van der Waals surface area contributed by atoms with E-state index in [2.05, 4.69) is 28.1 Å². The number of hydrogen-bond acceptors (Lipinski definition) is 6. The largest absolute Gasteiger partial charge is 0.394 e. The fourth-order valence-electron chi connectivity index (χ4n) is 1.59. The van der Waals surface area contributed by atoms with Gasteiger partial charge in [0.1, 0.15) is 5.82 Å². The highest BCUT2D eigenvalue weighted by molar-refractivity contribution is 7.09. The lowest BCUT2D eigenvalue weighted by Crippen LogP contribution is -2.44. The number of rotatable bonds is 3. The summed E-state index contributed by atoms with van der Waals surface area (Å²) in [4.78, 5) is 6.63. The van der Waals surface area contributed by atoms with Gasteiger partial charge in [0.25, 0.3) is 0 Å². The Morgan fingerprint density at radius 2 is 2.44 bits per heavy atom. The number of hydrogen-bond donors (Lipinski definition) is 1. The maximum atomic E-state index is 9.06. The Labute approximate surface area is 99.2 Å². The van der Waals surface area contributed by atoms with Crippen molar-refractivity contribution < 1.29 is 9.84 Å². The fourth-order valence-corrected chi connectivity index (χ4v) is 2.44. The standard InChI is InChI=1S/C10H17N3O2S/c1-7(2)9-11-10(16-12-9)13-3-4-15-8(5-13)6-14/h7-8,14H,3-6H2,1-2H3. The topological polar surface area (TPSA) is 58.5 Å². The van der Waals surface area contributed by atoms with E-state index in [1.807, 2.05) is 0 Å². The van der Waals surface area contributed by atoms with Crippen molar-refractivity contribution in [1.29, 1.82) is 0 Å². The molecule has 0 saturated carbocycles. The first-order valence-corrected chi connectivity index (χ1v) is 6.29. The minimum Gasteiger partial charge on any atom is -0.394 e. The van der Waals surface area contributed by atoms with Gasteiger partial charge in [-0.15, -0.1) is 0 Å². The van der Waals surface area contributed by atoms with Gasteiger partial charge in [-0.25, -0.2) is 4.98 Å². The molecule has 2 rings (SSSR count). The van der Waals surface area contributed by atoms with Crippen LogP contribution in [0.1, 0.15) is 25.6 Å². The predicted molar refractivity (Wildman–Crippen MR) is 63.0 cm³/mol. The Hall–Kier alpha value is -0.720. The number of aliphatic hydroxyl groups is 1. The first-order valence-electron chi connectivity index (χ1n) is 5.51. The number of ether oxygens (including phenoxy) is 1.